The number of hydrogen-bond donors (Lipinski definition) is 3. The first-order valence-corrected chi connectivity index (χ1v) is 8.34. The lowest BCUT2D eigenvalue weighted by atomic mass is 10.1. The molecule has 0 aliphatic carbocycles. The monoisotopic (exact) mass is 347 g/mol. The Labute approximate surface area is 152 Å². The second-order valence-electron chi connectivity index (χ2n) is 6.01. The van der Waals surface area contributed by atoms with Crippen LogP contribution in [0.3, 0.4) is 0 Å². The molecule has 0 spiro atoms. The van der Waals surface area contributed by atoms with Crippen molar-refractivity contribution in [3.05, 3.63) is 72.1 Å². The van der Waals surface area contributed by atoms with Crippen molar-refractivity contribution >= 4 is 28.9 Å². The van der Waals surface area contributed by atoms with Crippen molar-refractivity contribution in [3.63, 3.8) is 0 Å². The van der Waals surface area contributed by atoms with Gasteiger partial charge in [-0.25, -0.2) is 9.97 Å². The number of benzene rings is 2. The Morgan fingerprint density at radius 2 is 1.69 bits per heavy atom. The predicted octanol–water partition coefficient (Wildman–Crippen LogP) is 4.10. The van der Waals surface area contributed by atoms with Gasteiger partial charge < -0.3 is 16.0 Å². The Morgan fingerprint density at radius 3 is 2.42 bits per heavy atom. The van der Waals surface area contributed by atoms with E-state index in [1.54, 1.807) is 0 Å². The molecule has 6 heteroatoms. The summed E-state index contributed by atoms with van der Waals surface area (Å²) in [4.78, 5) is 19.6. The van der Waals surface area contributed by atoms with E-state index in [-0.39, 0.29) is 5.91 Å². The second-order valence-corrected chi connectivity index (χ2v) is 6.01. The third-order valence-corrected chi connectivity index (χ3v) is 3.70. The van der Waals surface area contributed by atoms with Crippen molar-refractivity contribution < 1.29 is 4.79 Å². The summed E-state index contributed by atoms with van der Waals surface area (Å²) < 4.78 is 0. The second kappa shape index (κ2) is 8.11. The predicted molar refractivity (Wildman–Crippen MR) is 105 cm³/mol. The van der Waals surface area contributed by atoms with Crippen molar-refractivity contribution in [3.8, 4) is 0 Å². The summed E-state index contributed by atoms with van der Waals surface area (Å²) >= 11 is 0. The third-order valence-electron chi connectivity index (χ3n) is 3.70. The van der Waals surface area contributed by atoms with Crippen LogP contribution in [0.25, 0.3) is 0 Å². The lowest BCUT2D eigenvalue weighted by Gasteiger charge is -2.10. The van der Waals surface area contributed by atoms with E-state index in [0.717, 1.165) is 17.2 Å². The minimum Gasteiger partial charge on any atom is -0.366 e. The third kappa shape index (κ3) is 5.04. The van der Waals surface area contributed by atoms with Gasteiger partial charge in [-0.1, -0.05) is 29.8 Å². The van der Waals surface area contributed by atoms with Gasteiger partial charge in [-0.05, 0) is 36.8 Å². The summed E-state index contributed by atoms with van der Waals surface area (Å²) in [6.45, 7) is 4.26. The summed E-state index contributed by atoms with van der Waals surface area (Å²) in [5.74, 6) is 1.35. The molecule has 1 amide bonds. The quantitative estimate of drug-likeness (QED) is 0.626. The van der Waals surface area contributed by atoms with E-state index < -0.39 is 0 Å². The maximum Gasteiger partial charge on any atom is 0.221 e. The van der Waals surface area contributed by atoms with Crippen molar-refractivity contribution in [1.82, 2.24) is 9.97 Å². The zero-order valence-electron chi connectivity index (χ0n) is 14.8. The van der Waals surface area contributed by atoms with E-state index in [1.165, 1.54) is 24.4 Å². The number of rotatable bonds is 6. The number of amides is 1. The van der Waals surface area contributed by atoms with Crippen molar-refractivity contribution in [2.75, 3.05) is 16.0 Å². The van der Waals surface area contributed by atoms with Crippen LogP contribution in [-0.2, 0) is 11.3 Å². The summed E-state index contributed by atoms with van der Waals surface area (Å²) in [6, 6.07) is 17.6. The number of hydrogen-bond acceptors (Lipinski definition) is 5. The smallest absolute Gasteiger partial charge is 0.221 e. The number of anilines is 4. The first-order chi connectivity index (χ1) is 12.6. The standard InChI is InChI=1S/C20H21N5O/c1-14-4-3-5-16(10-14)12-21-19-11-20(23-13-22-19)25-18-8-6-17(7-9-18)24-15(2)26/h3-11,13H,12H2,1-2H3,(H,24,26)(H2,21,22,23,25). The summed E-state index contributed by atoms with van der Waals surface area (Å²) in [7, 11) is 0. The number of aryl methyl sites for hydroxylation is 1. The van der Waals surface area contributed by atoms with Crippen LogP contribution in [0.15, 0.2) is 60.9 Å². The average molecular weight is 347 g/mol. The summed E-state index contributed by atoms with van der Waals surface area (Å²) in [5.41, 5.74) is 4.07. The Hall–Kier alpha value is -3.41. The Kier molecular flexibility index (Phi) is 5.43. The zero-order chi connectivity index (χ0) is 18.4. The summed E-state index contributed by atoms with van der Waals surface area (Å²) in [5, 5.41) is 9.27. The van der Waals surface area contributed by atoms with E-state index in [0.29, 0.717) is 12.4 Å². The number of nitrogens with one attached hydrogen (secondary N) is 3. The molecule has 0 atom stereocenters. The maximum absolute atomic E-state index is 11.1. The van der Waals surface area contributed by atoms with Crippen LogP contribution in [0.5, 0.6) is 0 Å². The lowest BCUT2D eigenvalue weighted by molar-refractivity contribution is -0.114. The molecule has 1 heterocycles. The molecule has 3 aromatic rings. The molecule has 0 radical (unpaired) electrons. The highest BCUT2D eigenvalue weighted by molar-refractivity contribution is 5.88. The van der Waals surface area contributed by atoms with Crippen LogP contribution in [0.1, 0.15) is 18.1 Å². The molecule has 0 aliphatic heterocycles. The van der Waals surface area contributed by atoms with Gasteiger partial charge in [0.15, 0.2) is 0 Å². The molecule has 6 nitrogen and oxygen atoms in total. The highest BCUT2D eigenvalue weighted by Gasteiger charge is 2.01. The number of carbonyl (C=O) groups excluding carboxylic acids is 1. The van der Waals surface area contributed by atoms with Gasteiger partial charge in [0, 0.05) is 30.9 Å². The van der Waals surface area contributed by atoms with E-state index >= 15 is 0 Å². The van der Waals surface area contributed by atoms with Gasteiger partial charge in [-0.3, -0.25) is 4.79 Å². The van der Waals surface area contributed by atoms with Gasteiger partial charge in [0.25, 0.3) is 0 Å². The molecule has 2 aromatic carbocycles. The average Bonchev–Trinajstić information content (AvgIpc) is 2.62. The number of aromatic nitrogens is 2. The van der Waals surface area contributed by atoms with E-state index in [1.807, 2.05) is 36.4 Å². The van der Waals surface area contributed by atoms with Gasteiger partial charge >= 0.3 is 0 Å². The first kappa shape index (κ1) is 17.4. The minimum absolute atomic E-state index is 0.0918. The minimum atomic E-state index is -0.0918. The molecule has 0 bridgehead atoms. The van der Waals surface area contributed by atoms with Crippen molar-refractivity contribution in [1.29, 1.82) is 0 Å². The molecule has 0 saturated heterocycles. The Bertz CT molecular complexity index is 893. The van der Waals surface area contributed by atoms with Crippen LogP contribution in [0.4, 0.5) is 23.0 Å². The Morgan fingerprint density at radius 1 is 0.962 bits per heavy atom. The first-order valence-electron chi connectivity index (χ1n) is 8.34. The van der Waals surface area contributed by atoms with Crippen LogP contribution in [-0.4, -0.2) is 15.9 Å². The fourth-order valence-corrected chi connectivity index (χ4v) is 2.53. The largest absolute Gasteiger partial charge is 0.366 e. The van der Waals surface area contributed by atoms with Gasteiger partial charge in [0.1, 0.15) is 18.0 Å². The van der Waals surface area contributed by atoms with Gasteiger partial charge in [-0.2, -0.15) is 0 Å². The topological polar surface area (TPSA) is 78.9 Å². The molecule has 1 aromatic heterocycles. The Balaban J connectivity index is 1.62. The molecule has 0 aliphatic rings. The molecule has 132 valence electrons. The molecule has 0 fully saturated rings. The van der Waals surface area contributed by atoms with E-state index in [2.05, 4.69) is 51.0 Å². The molecule has 0 saturated carbocycles. The fraction of sp³-hybridized carbons (Fsp3) is 0.150. The molecule has 3 rings (SSSR count). The highest BCUT2D eigenvalue weighted by atomic mass is 16.1. The highest BCUT2D eigenvalue weighted by Crippen LogP contribution is 2.19. The lowest BCUT2D eigenvalue weighted by Crippen LogP contribution is -2.05. The van der Waals surface area contributed by atoms with Crippen LogP contribution in [0, 0.1) is 6.92 Å². The van der Waals surface area contributed by atoms with Gasteiger partial charge in [0.05, 0.1) is 0 Å². The van der Waals surface area contributed by atoms with Crippen LogP contribution in [0.2, 0.25) is 0 Å². The maximum atomic E-state index is 11.1. The van der Waals surface area contributed by atoms with Crippen LogP contribution >= 0.6 is 0 Å². The number of carbonyl (C=O) groups is 1. The van der Waals surface area contributed by atoms with Gasteiger partial charge in [0.2, 0.25) is 5.91 Å². The SMILES string of the molecule is CC(=O)Nc1ccc(Nc2cc(NCc3cccc(C)c3)ncn2)cc1. The molecular weight excluding hydrogens is 326 g/mol. The molecule has 3 N–H and O–H groups in total. The summed E-state index contributed by atoms with van der Waals surface area (Å²) in [6.07, 6.45) is 1.52. The zero-order valence-corrected chi connectivity index (χ0v) is 14.8. The van der Waals surface area contributed by atoms with Crippen molar-refractivity contribution in [2.24, 2.45) is 0 Å². The number of nitrogens with zero attached hydrogens (tertiary/aromatic N) is 2. The fourth-order valence-electron chi connectivity index (χ4n) is 2.53. The van der Waals surface area contributed by atoms with Crippen molar-refractivity contribution in [2.45, 2.75) is 20.4 Å². The van der Waals surface area contributed by atoms with E-state index in [9.17, 15) is 4.79 Å². The normalized spacial score (nSPS) is 10.2. The van der Waals surface area contributed by atoms with Gasteiger partial charge in [-0.15, -0.1) is 0 Å². The van der Waals surface area contributed by atoms with Crippen LogP contribution < -0.4 is 16.0 Å². The molecule has 0 unspecified atom stereocenters. The molecular formula is C20H21N5O. The molecule has 26 heavy (non-hydrogen) atoms. The van der Waals surface area contributed by atoms with E-state index in [4.69, 9.17) is 0 Å².